The Kier molecular flexibility index (Phi) is 2.93. The van der Waals surface area contributed by atoms with Gasteiger partial charge in [-0.15, -0.1) is 5.10 Å². The van der Waals surface area contributed by atoms with Crippen LogP contribution in [0.15, 0.2) is 6.20 Å². The smallest absolute Gasteiger partial charge is 0.296 e. The van der Waals surface area contributed by atoms with Gasteiger partial charge in [0.2, 0.25) is 0 Å². The molecule has 0 aromatic carbocycles. The van der Waals surface area contributed by atoms with E-state index in [0.717, 1.165) is 0 Å². The van der Waals surface area contributed by atoms with Gasteiger partial charge in [0.15, 0.2) is 5.69 Å². The van der Waals surface area contributed by atoms with E-state index >= 15 is 0 Å². The lowest BCUT2D eigenvalue weighted by molar-refractivity contribution is 0.0700. The van der Waals surface area contributed by atoms with Crippen molar-refractivity contribution in [2.75, 3.05) is 0 Å². The number of hydroxylamine groups is 1. The van der Waals surface area contributed by atoms with Gasteiger partial charge >= 0.3 is 0 Å². The molecule has 0 spiro atoms. The van der Waals surface area contributed by atoms with E-state index < -0.39 is 12.0 Å². The number of amides is 1. The van der Waals surface area contributed by atoms with E-state index in [1.807, 2.05) is 0 Å². The molecule has 7 heteroatoms. The molecule has 0 radical (unpaired) electrons. The molecule has 1 heterocycles. The molecule has 1 unspecified atom stereocenters. The first-order chi connectivity index (χ1) is 6.13. The number of rotatable bonds is 3. The van der Waals surface area contributed by atoms with Crippen molar-refractivity contribution in [1.82, 2.24) is 20.5 Å². The molecule has 1 aromatic rings. The van der Waals surface area contributed by atoms with Gasteiger partial charge in [0, 0.05) is 0 Å². The van der Waals surface area contributed by atoms with Crippen LogP contribution in [0.5, 0.6) is 0 Å². The highest BCUT2D eigenvalue weighted by molar-refractivity contribution is 5.90. The minimum atomic E-state index is -0.725. The van der Waals surface area contributed by atoms with Gasteiger partial charge in [-0.2, -0.15) is 0 Å². The first-order valence-electron chi connectivity index (χ1n) is 3.66. The third-order valence-electron chi connectivity index (χ3n) is 1.32. The summed E-state index contributed by atoms with van der Waals surface area (Å²) in [4.78, 5) is 10.8. The van der Waals surface area contributed by atoms with Crippen molar-refractivity contribution in [3.63, 3.8) is 0 Å². The molecule has 0 fully saturated rings. The van der Waals surface area contributed by atoms with E-state index in [1.165, 1.54) is 16.4 Å². The number of nitrogens with zero attached hydrogens (tertiary/aromatic N) is 3. The molecule has 7 nitrogen and oxygen atoms in total. The normalized spacial score (nSPS) is 12.5. The molecule has 3 N–H and O–H groups in total. The predicted molar refractivity (Wildman–Crippen MR) is 41.0 cm³/mol. The van der Waals surface area contributed by atoms with E-state index in [-0.39, 0.29) is 12.2 Å². The summed E-state index contributed by atoms with van der Waals surface area (Å²) in [5.41, 5.74) is 1.43. The van der Waals surface area contributed by atoms with Crippen LogP contribution in [0.25, 0.3) is 0 Å². The summed E-state index contributed by atoms with van der Waals surface area (Å²) in [6, 6.07) is 0. The van der Waals surface area contributed by atoms with Crippen LogP contribution in [0.3, 0.4) is 0 Å². The summed E-state index contributed by atoms with van der Waals surface area (Å²) in [5.74, 6) is -0.725. The topological polar surface area (TPSA) is 100 Å². The number of carbonyl (C=O) groups is 1. The lowest BCUT2D eigenvalue weighted by Gasteiger charge is -2.00. The van der Waals surface area contributed by atoms with Gasteiger partial charge in [-0.25, -0.2) is 10.2 Å². The first-order valence-corrected chi connectivity index (χ1v) is 3.66. The molecule has 0 aliphatic heterocycles. The summed E-state index contributed by atoms with van der Waals surface area (Å²) in [7, 11) is 0. The first kappa shape index (κ1) is 9.62. The van der Waals surface area contributed by atoms with E-state index in [9.17, 15) is 4.79 Å². The Morgan fingerprint density at radius 2 is 2.54 bits per heavy atom. The van der Waals surface area contributed by atoms with Crippen molar-refractivity contribution in [1.29, 1.82) is 0 Å². The van der Waals surface area contributed by atoms with Crippen LogP contribution in [0, 0.1) is 0 Å². The lowest BCUT2D eigenvalue weighted by atomic mass is 10.4. The fourth-order valence-electron chi connectivity index (χ4n) is 0.820. The molecule has 0 saturated carbocycles. The maximum atomic E-state index is 10.8. The molecular formula is C6H10N4O3. The highest BCUT2D eigenvalue weighted by atomic mass is 16.5. The Morgan fingerprint density at radius 1 is 1.85 bits per heavy atom. The Morgan fingerprint density at radius 3 is 3.08 bits per heavy atom. The second kappa shape index (κ2) is 3.97. The molecule has 1 aromatic heterocycles. The van der Waals surface area contributed by atoms with Gasteiger partial charge in [-0.3, -0.25) is 10.0 Å². The summed E-state index contributed by atoms with van der Waals surface area (Å²) in [6.45, 7) is 1.85. The number of aromatic nitrogens is 3. The predicted octanol–water partition coefficient (Wildman–Crippen LogP) is -1.22. The zero-order valence-corrected chi connectivity index (χ0v) is 7.01. The number of hydrogen-bond acceptors (Lipinski definition) is 5. The molecule has 0 aliphatic carbocycles. The number of carbonyl (C=O) groups excluding carboxylic acids is 1. The molecule has 0 bridgehead atoms. The van der Waals surface area contributed by atoms with Crippen LogP contribution in [0.2, 0.25) is 0 Å². The van der Waals surface area contributed by atoms with Crippen LogP contribution in [-0.4, -0.2) is 37.3 Å². The number of hydrogen-bond donors (Lipinski definition) is 3. The van der Waals surface area contributed by atoms with Crippen LogP contribution >= 0.6 is 0 Å². The van der Waals surface area contributed by atoms with Crippen molar-refractivity contribution in [3.05, 3.63) is 11.9 Å². The lowest BCUT2D eigenvalue weighted by Crippen LogP contribution is -2.19. The van der Waals surface area contributed by atoms with Crippen molar-refractivity contribution < 1.29 is 15.1 Å². The van der Waals surface area contributed by atoms with Gasteiger partial charge in [-0.05, 0) is 6.92 Å². The number of nitrogens with one attached hydrogen (secondary N) is 1. The third-order valence-corrected chi connectivity index (χ3v) is 1.32. The van der Waals surface area contributed by atoms with Gasteiger partial charge in [-0.1, -0.05) is 5.21 Å². The van der Waals surface area contributed by atoms with Crippen LogP contribution in [-0.2, 0) is 6.54 Å². The summed E-state index contributed by atoms with van der Waals surface area (Å²) >= 11 is 0. The zero-order chi connectivity index (χ0) is 9.84. The second-order valence-corrected chi connectivity index (χ2v) is 2.62. The van der Waals surface area contributed by atoms with Gasteiger partial charge in [0.1, 0.15) is 0 Å². The Bertz CT molecular complexity index is 296. The van der Waals surface area contributed by atoms with Crippen molar-refractivity contribution in [3.8, 4) is 0 Å². The fourth-order valence-corrected chi connectivity index (χ4v) is 0.820. The molecule has 0 aliphatic rings. The van der Waals surface area contributed by atoms with Crippen LogP contribution in [0.4, 0.5) is 0 Å². The van der Waals surface area contributed by atoms with Crippen LogP contribution < -0.4 is 5.48 Å². The van der Waals surface area contributed by atoms with Crippen molar-refractivity contribution in [2.45, 2.75) is 19.6 Å². The Hall–Kier alpha value is -1.47. The molecule has 1 rings (SSSR count). The highest BCUT2D eigenvalue weighted by Gasteiger charge is 2.09. The van der Waals surface area contributed by atoms with Crippen LogP contribution in [0.1, 0.15) is 17.4 Å². The minimum Gasteiger partial charge on any atom is -0.391 e. The molecule has 13 heavy (non-hydrogen) atoms. The minimum absolute atomic E-state index is 0.00292. The SMILES string of the molecule is CC(O)Cn1cc(C(=O)NO)nn1. The molecule has 0 saturated heterocycles. The maximum absolute atomic E-state index is 10.8. The van der Waals surface area contributed by atoms with Crippen molar-refractivity contribution >= 4 is 5.91 Å². The quantitative estimate of drug-likeness (QED) is 0.405. The summed E-state index contributed by atoms with van der Waals surface area (Å²) in [6.07, 6.45) is 0.768. The number of aliphatic hydroxyl groups excluding tert-OH is 1. The number of aliphatic hydroxyl groups is 1. The zero-order valence-electron chi connectivity index (χ0n) is 7.01. The monoisotopic (exact) mass is 186 g/mol. The third kappa shape index (κ3) is 2.49. The Labute approximate surface area is 73.9 Å². The molecular weight excluding hydrogens is 176 g/mol. The van der Waals surface area contributed by atoms with E-state index in [1.54, 1.807) is 6.92 Å². The fraction of sp³-hybridized carbons (Fsp3) is 0.500. The highest BCUT2D eigenvalue weighted by Crippen LogP contribution is 1.94. The van der Waals surface area contributed by atoms with Crippen molar-refractivity contribution in [2.24, 2.45) is 0 Å². The molecule has 1 amide bonds. The standard InChI is InChI=1S/C6H10N4O3/c1-4(11)2-10-3-5(7-9-10)6(12)8-13/h3-4,11,13H,2H2,1H3,(H,8,12). The average molecular weight is 186 g/mol. The second-order valence-electron chi connectivity index (χ2n) is 2.62. The summed E-state index contributed by atoms with van der Waals surface area (Å²) < 4.78 is 1.31. The molecule has 1 atom stereocenters. The largest absolute Gasteiger partial charge is 0.391 e. The average Bonchev–Trinajstić information content (AvgIpc) is 2.50. The summed E-state index contributed by atoms with van der Waals surface area (Å²) in [5, 5.41) is 24.3. The van der Waals surface area contributed by atoms with E-state index in [0.29, 0.717) is 0 Å². The maximum Gasteiger partial charge on any atom is 0.296 e. The van der Waals surface area contributed by atoms with Gasteiger partial charge < -0.3 is 5.11 Å². The Balaban J connectivity index is 2.69. The van der Waals surface area contributed by atoms with E-state index in [4.69, 9.17) is 10.3 Å². The van der Waals surface area contributed by atoms with Gasteiger partial charge in [0.05, 0.1) is 18.8 Å². The molecule has 72 valence electrons. The van der Waals surface area contributed by atoms with E-state index in [2.05, 4.69) is 10.3 Å². The van der Waals surface area contributed by atoms with Gasteiger partial charge in [0.25, 0.3) is 5.91 Å².